The Kier molecular flexibility index (Phi) is 4.29. The fourth-order valence-electron chi connectivity index (χ4n) is 2.89. The minimum atomic E-state index is -0.330. The standard InChI is InChI=1S/C16H20N4O3/c1-3-23-16(21)10-8-20(9-11(10)17)13-6-7-18-12-4-5-14(22-2)19-15(12)13/h4-7,10-11H,3,8-9,17H2,1-2H3/t10-,11-/m1/s1. The van der Waals surface area contributed by atoms with Gasteiger partial charge in [-0.15, -0.1) is 0 Å². The van der Waals surface area contributed by atoms with Crippen molar-refractivity contribution in [3.8, 4) is 5.88 Å². The second kappa shape index (κ2) is 6.37. The molecule has 0 saturated carbocycles. The van der Waals surface area contributed by atoms with Gasteiger partial charge in [-0.25, -0.2) is 4.98 Å². The van der Waals surface area contributed by atoms with E-state index >= 15 is 0 Å². The summed E-state index contributed by atoms with van der Waals surface area (Å²) in [6.07, 6.45) is 1.73. The smallest absolute Gasteiger partial charge is 0.312 e. The van der Waals surface area contributed by atoms with Gasteiger partial charge in [0.1, 0.15) is 5.52 Å². The molecule has 0 amide bonds. The van der Waals surface area contributed by atoms with Crippen LogP contribution in [-0.2, 0) is 9.53 Å². The molecule has 0 radical (unpaired) electrons. The molecule has 2 N–H and O–H groups in total. The summed E-state index contributed by atoms with van der Waals surface area (Å²) in [4.78, 5) is 22.9. The highest BCUT2D eigenvalue weighted by Gasteiger charge is 2.37. The van der Waals surface area contributed by atoms with Crippen LogP contribution >= 0.6 is 0 Å². The molecule has 0 unspecified atom stereocenters. The third-order valence-electron chi connectivity index (χ3n) is 4.04. The molecule has 7 nitrogen and oxygen atoms in total. The maximum atomic E-state index is 12.0. The van der Waals surface area contributed by atoms with Crippen LogP contribution in [0.4, 0.5) is 5.69 Å². The highest BCUT2D eigenvalue weighted by molar-refractivity contribution is 5.89. The van der Waals surface area contributed by atoms with Gasteiger partial charge in [0.2, 0.25) is 5.88 Å². The van der Waals surface area contributed by atoms with Crippen molar-refractivity contribution in [1.82, 2.24) is 9.97 Å². The molecular formula is C16H20N4O3. The molecule has 1 aliphatic rings. The third kappa shape index (κ3) is 2.92. The van der Waals surface area contributed by atoms with Gasteiger partial charge in [0.05, 0.1) is 30.8 Å². The lowest BCUT2D eigenvalue weighted by molar-refractivity contribution is -0.147. The minimum absolute atomic E-state index is 0.244. The molecule has 7 heteroatoms. The number of anilines is 1. The third-order valence-corrected chi connectivity index (χ3v) is 4.04. The van der Waals surface area contributed by atoms with Crippen molar-refractivity contribution in [2.24, 2.45) is 11.7 Å². The zero-order chi connectivity index (χ0) is 16.4. The first-order valence-electron chi connectivity index (χ1n) is 7.61. The Morgan fingerprint density at radius 3 is 2.96 bits per heavy atom. The number of aromatic nitrogens is 2. The Morgan fingerprint density at radius 1 is 1.39 bits per heavy atom. The molecule has 2 aromatic rings. The normalized spacial score (nSPS) is 20.7. The van der Waals surface area contributed by atoms with Crippen LogP contribution in [0.2, 0.25) is 0 Å². The summed E-state index contributed by atoms with van der Waals surface area (Å²) in [6.45, 7) is 3.24. The van der Waals surface area contributed by atoms with E-state index in [1.165, 1.54) is 0 Å². The number of nitrogens with zero attached hydrogens (tertiary/aromatic N) is 3. The topological polar surface area (TPSA) is 90.6 Å². The molecule has 1 fully saturated rings. The average Bonchev–Trinajstić information content (AvgIpc) is 2.95. The first-order chi connectivity index (χ1) is 11.1. The van der Waals surface area contributed by atoms with Crippen LogP contribution in [0, 0.1) is 5.92 Å². The van der Waals surface area contributed by atoms with Crippen LogP contribution in [0.1, 0.15) is 6.92 Å². The van der Waals surface area contributed by atoms with Gasteiger partial charge in [0, 0.05) is 31.4 Å². The Bertz CT molecular complexity index is 722. The maximum absolute atomic E-state index is 12.0. The highest BCUT2D eigenvalue weighted by atomic mass is 16.5. The molecule has 2 atom stereocenters. The highest BCUT2D eigenvalue weighted by Crippen LogP contribution is 2.30. The number of esters is 1. The summed E-state index contributed by atoms with van der Waals surface area (Å²) >= 11 is 0. The van der Waals surface area contributed by atoms with Crippen LogP contribution in [0.3, 0.4) is 0 Å². The number of methoxy groups -OCH3 is 1. The molecule has 3 heterocycles. The largest absolute Gasteiger partial charge is 0.481 e. The summed E-state index contributed by atoms with van der Waals surface area (Å²) < 4.78 is 10.3. The summed E-state index contributed by atoms with van der Waals surface area (Å²) in [5, 5.41) is 0. The van der Waals surface area contributed by atoms with Crippen molar-refractivity contribution in [3.05, 3.63) is 24.4 Å². The monoisotopic (exact) mass is 316 g/mol. The Morgan fingerprint density at radius 2 is 2.22 bits per heavy atom. The fourth-order valence-corrected chi connectivity index (χ4v) is 2.89. The lowest BCUT2D eigenvalue weighted by Gasteiger charge is -2.19. The SMILES string of the molecule is CCOC(=O)[C@@H]1CN(c2ccnc3ccc(OC)nc23)C[C@H]1N. The first kappa shape index (κ1) is 15.5. The molecule has 23 heavy (non-hydrogen) atoms. The molecule has 2 aromatic heterocycles. The van der Waals surface area contributed by atoms with Crippen LogP contribution in [0.25, 0.3) is 11.0 Å². The predicted octanol–water partition coefficient (Wildman–Crippen LogP) is 0.965. The number of hydrogen-bond acceptors (Lipinski definition) is 7. The molecule has 0 aliphatic carbocycles. The Balaban J connectivity index is 1.93. The predicted molar refractivity (Wildman–Crippen MR) is 86.4 cm³/mol. The summed E-state index contributed by atoms with van der Waals surface area (Å²) in [5.74, 6) is -0.0487. The lowest BCUT2D eigenvalue weighted by Crippen LogP contribution is -2.35. The van der Waals surface area contributed by atoms with Gasteiger partial charge in [-0.2, -0.15) is 0 Å². The molecule has 0 spiro atoms. The second-order valence-electron chi connectivity index (χ2n) is 5.48. The number of ether oxygens (including phenoxy) is 2. The number of rotatable bonds is 4. The van der Waals surface area contributed by atoms with Crippen molar-refractivity contribution >= 4 is 22.7 Å². The summed E-state index contributed by atoms with van der Waals surface area (Å²) in [5.41, 5.74) is 8.55. The van der Waals surface area contributed by atoms with E-state index in [2.05, 4.69) is 14.9 Å². The fraction of sp³-hybridized carbons (Fsp3) is 0.438. The first-order valence-corrected chi connectivity index (χ1v) is 7.61. The maximum Gasteiger partial charge on any atom is 0.312 e. The van der Waals surface area contributed by atoms with Crippen molar-refractivity contribution in [2.75, 3.05) is 31.7 Å². The van der Waals surface area contributed by atoms with E-state index in [1.807, 2.05) is 12.1 Å². The Labute approximate surface area is 134 Å². The molecular weight excluding hydrogens is 296 g/mol. The zero-order valence-electron chi connectivity index (χ0n) is 13.2. The van der Waals surface area contributed by atoms with Gasteiger partial charge >= 0.3 is 5.97 Å². The number of hydrogen-bond donors (Lipinski definition) is 1. The van der Waals surface area contributed by atoms with Gasteiger partial charge in [-0.1, -0.05) is 0 Å². The van der Waals surface area contributed by atoms with Gasteiger partial charge in [-0.3, -0.25) is 9.78 Å². The average molecular weight is 316 g/mol. The Hall–Kier alpha value is -2.41. The minimum Gasteiger partial charge on any atom is -0.481 e. The second-order valence-corrected chi connectivity index (χ2v) is 5.48. The van der Waals surface area contributed by atoms with E-state index in [1.54, 1.807) is 26.3 Å². The van der Waals surface area contributed by atoms with E-state index in [0.717, 1.165) is 16.7 Å². The van der Waals surface area contributed by atoms with E-state index < -0.39 is 0 Å². The molecule has 0 bridgehead atoms. The summed E-state index contributed by atoms with van der Waals surface area (Å²) in [7, 11) is 1.58. The van der Waals surface area contributed by atoms with Crippen LogP contribution in [0.15, 0.2) is 24.4 Å². The number of pyridine rings is 2. The van der Waals surface area contributed by atoms with Gasteiger partial charge in [-0.05, 0) is 19.1 Å². The van der Waals surface area contributed by atoms with Gasteiger partial charge < -0.3 is 20.1 Å². The lowest BCUT2D eigenvalue weighted by atomic mass is 10.1. The van der Waals surface area contributed by atoms with Gasteiger partial charge in [0.15, 0.2) is 0 Å². The molecule has 3 rings (SSSR count). The van der Waals surface area contributed by atoms with E-state index in [-0.39, 0.29) is 17.9 Å². The van der Waals surface area contributed by atoms with E-state index in [0.29, 0.717) is 25.6 Å². The van der Waals surface area contributed by atoms with Crippen molar-refractivity contribution in [1.29, 1.82) is 0 Å². The van der Waals surface area contributed by atoms with E-state index in [9.17, 15) is 4.79 Å². The molecule has 1 aliphatic heterocycles. The number of carbonyl (C=O) groups excluding carboxylic acids is 1. The van der Waals surface area contributed by atoms with Crippen LogP contribution < -0.4 is 15.4 Å². The molecule has 1 saturated heterocycles. The van der Waals surface area contributed by atoms with Crippen molar-refractivity contribution in [3.63, 3.8) is 0 Å². The molecule has 0 aromatic carbocycles. The quantitative estimate of drug-likeness (QED) is 0.840. The van der Waals surface area contributed by atoms with Gasteiger partial charge in [0.25, 0.3) is 0 Å². The number of nitrogens with two attached hydrogens (primary N) is 1. The zero-order valence-corrected chi connectivity index (χ0v) is 13.2. The van der Waals surface area contributed by atoms with Crippen molar-refractivity contribution < 1.29 is 14.3 Å². The van der Waals surface area contributed by atoms with Crippen LogP contribution in [-0.4, -0.2) is 48.8 Å². The number of carbonyl (C=O) groups is 1. The van der Waals surface area contributed by atoms with Crippen molar-refractivity contribution in [2.45, 2.75) is 13.0 Å². The van der Waals surface area contributed by atoms with E-state index in [4.69, 9.17) is 15.2 Å². The number of fused-ring (bicyclic) bond motifs is 1. The molecule has 122 valence electrons. The summed E-state index contributed by atoms with van der Waals surface area (Å²) in [6, 6.07) is 5.26. The van der Waals surface area contributed by atoms with Crippen LogP contribution in [0.5, 0.6) is 5.88 Å².